The van der Waals surface area contributed by atoms with Crippen LogP contribution in [-0.4, -0.2) is 19.5 Å². The summed E-state index contributed by atoms with van der Waals surface area (Å²) in [5.74, 6) is -0.0324. The molecule has 0 fully saturated rings. The molecule has 1 aromatic rings. The molecule has 88 valence electrons. The Morgan fingerprint density at radius 1 is 1.50 bits per heavy atom. The topological polar surface area (TPSA) is 41.1 Å². The minimum atomic E-state index is -0.0324. The second-order valence-electron chi connectivity index (χ2n) is 3.48. The summed E-state index contributed by atoms with van der Waals surface area (Å²) in [4.78, 5) is 11.5. The van der Waals surface area contributed by atoms with E-state index in [0.717, 1.165) is 10.0 Å². The van der Waals surface area contributed by atoms with Gasteiger partial charge in [-0.1, -0.05) is 11.6 Å². The molecule has 0 aromatic heterocycles. The van der Waals surface area contributed by atoms with Crippen molar-refractivity contribution in [2.24, 2.45) is 0 Å². The van der Waals surface area contributed by atoms with Crippen LogP contribution in [0, 0.1) is 6.92 Å². The maximum absolute atomic E-state index is 11.5. The number of rotatable bonds is 4. The van der Waals surface area contributed by atoms with Crippen LogP contribution in [0.3, 0.4) is 0 Å². The van der Waals surface area contributed by atoms with Crippen molar-refractivity contribution >= 4 is 39.1 Å². The molecule has 0 spiro atoms. The Bertz CT molecular complexity index is 396. The van der Waals surface area contributed by atoms with Crippen molar-refractivity contribution in [1.82, 2.24) is 5.32 Å². The summed E-state index contributed by atoms with van der Waals surface area (Å²) in [6.07, 6.45) is 0.439. The van der Waals surface area contributed by atoms with E-state index in [1.54, 1.807) is 6.07 Å². The maximum atomic E-state index is 11.5. The first-order valence-electron chi connectivity index (χ1n) is 4.94. The van der Waals surface area contributed by atoms with Crippen LogP contribution in [0.2, 0.25) is 5.02 Å². The minimum Gasteiger partial charge on any atom is -0.325 e. The van der Waals surface area contributed by atoms with Gasteiger partial charge < -0.3 is 10.6 Å². The third kappa shape index (κ3) is 3.77. The maximum Gasteiger partial charge on any atom is 0.225 e. The van der Waals surface area contributed by atoms with E-state index in [2.05, 4.69) is 26.6 Å². The number of aryl methyl sites for hydroxylation is 1. The normalized spacial score (nSPS) is 10.2. The molecule has 0 radical (unpaired) electrons. The fourth-order valence-corrected chi connectivity index (χ4v) is 1.91. The number of hydrogen-bond donors (Lipinski definition) is 2. The van der Waals surface area contributed by atoms with E-state index < -0.39 is 0 Å². The molecule has 1 rings (SSSR count). The van der Waals surface area contributed by atoms with Gasteiger partial charge >= 0.3 is 0 Å². The molecule has 0 saturated carbocycles. The number of amides is 1. The van der Waals surface area contributed by atoms with Gasteiger partial charge in [0.05, 0.1) is 5.69 Å². The van der Waals surface area contributed by atoms with Crippen molar-refractivity contribution in [2.45, 2.75) is 13.3 Å². The molecule has 0 heterocycles. The zero-order valence-electron chi connectivity index (χ0n) is 9.23. The van der Waals surface area contributed by atoms with Crippen LogP contribution in [0.15, 0.2) is 16.6 Å². The Hall–Kier alpha value is -0.580. The average Bonchev–Trinajstić information content (AvgIpc) is 2.23. The second-order valence-corrected chi connectivity index (χ2v) is 4.74. The summed E-state index contributed by atoms with van der Waals surface area (Å²) in [5.41, 5.74) is 1.68. The number of hydrogen-bond acceptors (Lipinski definition) is 2. The summed E-state index contributed by atoms with van der Waals surface area (Å²) in [7, 11) is 1.81. The SMILES string of the molecule is CNCCC(=O)Nc1cc(Cl)c(C)cc1Br. The highest BCUT2D eigenvalue weighted by Crippen LogP contribution is 2.29. The van der Waals surface area contributed by atoms with Crippen molar-refractivity contribution in [3.63, 3.8) is 0 Å². The highest BCUT2D eigenvalue weighted by atomic mass is 79.9. The number of benzene rings is 1. The van der Waals surface area contributed by atoms with Crippen molar-refractivity contribution < 1.29 is 4.79 Å². The van der Waals surface area contributed by atoms with Crippen LogP contribution in [0.25, 0.3) is 0 Å². The number of carbonyl (C=O) groups is 1. The van der Waals surface area contributed by atoms with Crippen LogP contribution >= 0.6 is 27.5 Å². The molecule has 1 aromatic carbocycles. The predicted octanol–water partition coefficient (Wildman–Crippen LogP) is 2.96. The predicted molar refractivity (Wildman–Crippen MR) is 71.1 cm³/mol. The van der Waals surface area contributed by atoms with Crippen LogP contribution in [0.4, 0.5) is 5.69 Å². The van der Waals surface area contributed by atoms with E-state index >= 15 is 0 Å². The fraction of sp³-hybridized carbons (Fsp3) is 0.364. The zero-order valence-corrected chi connectivity index (χ0v) is 11.6. The van der Waals surface area contributed by atoms with E-state index in [9.17, 15) is 4.79 Å². The first-order valence-corrected chi connectivity index (χ1v) is 6.11. The molecule has 2 N–H and O–H groups in total. The lowest BCUT2D eigenvalue weighted by Gasteiger charge is -2.09. The third-order valence-corrected chi connectivity index (χ3v) is 3.19. The van der Waals surface area contributed by atoms with E-state index in [0.29, 0.717) is 23.7 Å². The Labute approximate surface area is 109 Å². The van der Waals surface area contributed by atoms with Gasteiger partial charge in [-0.3, -0.25) is 4.79 Å². The van der Waals surface area contributed by atoms with E-state index in [1.165, 1.54) is 0 Å². The van der Waals surface area contributed by atoms with Gasteiger partial charge in [-0.2, -0.15) is 0 Å². The van der Waals surface area contributed by atoms with Gasteiger partial charge in [0, 0.05) is 22.5 Å². The largest absolute Gasteiger partial charge is 0.325 e. The minimum absolute atomic E-state index is 0.0324. The molecule has 0 bridgehead atoms. The highest BCUT2D eigenvalue weighted by molar-refractivity contribution is 9.10. The third-order valence-electron chi connectivity index (χ3n) is 2.12. The Morgan fingerprint density at radius 2 is 2.19 bits per heavy atom. The van der Waals surface area contributed by atoms with Crippen LogP contribution in [0.5, 0.6) is 0 Å². The summed E-state index contributed by atoms with van der Waals surface area (Å²) >= 11 is 9.38. The molecule has 0 aliphatic carbocycles. The first kappa shape index (κ1) is 13.5. The van der Waals surface area contributed by atoms with Crippen molar-refractivity contribution in [3.8, 4) is 0 Å². The fourth-order valence-electron chi connectivity index (χ4n) is 1.19. The van der Waals surface area contributed by atoms with E-state index in [1.807, 2.05) is 20.0 Å². The lowest BCUT2D eigenvalue weighted by atomic mass is 10.2. The van der Waals surface area contributed by atoms with Gasteiger partial charge in [0.1, 0.15) is 0 Å². The van der Waals surface area contributed by atoms with Gasteiger partial charge in [0.25, 0.3) is 0 Å². The summed E-state index contributed by atoms with van der Waals surface area (Å²) in [6, 6.07) is 3.63. The molecular formula is C11H14BrClN2O. The second kappa shape index (κ2) is 6.23. The van der Waals surface area contributed by atoms with Gasteiger partial charge in [-0.05, 0) is 47.6 Å². The quantitative estimate of drug-likeness (QED) is 0.898. The monoisotopic (exact) mass is 304 g/mol. The Morgan fingerprint density at radius 3 is 2.81 bits per heavy atom. The summed E-state index contributed by atoms with van der Waals surface area (Å²) < 4.78 is 0.840. The van der Waals surface area contributed by atoms with Crippen molar-refractivity contribution in [2.75, 3.05) is 18.9 Å². The number of anilines is 1. The molecule has 3 nitrogen and oxygen atoms in total. The molecule has 5 heteroatoms. The number of nitrogens with one attached hydrogen (secondary N) is 2. The molecule has 0 unspecified atom stereocenters. The standard InChI is InChI=1S/C11H14BrClN2O/c1-7-5-8(12)10(6-9(7)13)15-11(16)3-4-14-2/h5-6,14H,3-4H2,1-2H3,(H,15,16). The van der Waals surface area contributed by atoms with E-state index in [-0.39, 0.29) is 5.91 Å². The lowest BCUT2D eigenvalue weighted by molar-refractivity contribution is -0.116. The Kier molecular flexibility index (Phi) is 5.25. The first-order chi connectivity index (χ1) is 7.54. The van der Waals surface area contributed by atoms with Crippen molar-refractivity contribution in [3.05, 3.63) is 27.2 Å². The molecule has 0 aliphatic heterocycles. The van der Waals surface area contributed by atoms with Crippen LogP contribution in [-0.2, 0) is 4.79 Å². The van der Waals surface area contributed by atoms with Crippen molar-refractivity contribution in [1.29, 1.82) is 0 Å². The van der Waals surface area contributed by atoms with Gasteiger partial charge in [0.2, 0.25) is 5.91 Å². The smallest absolute Gasteiger partial charge is 0.225 e. The van der Waals surface area contributed by atoms with Crippen LogP contribution < -0.4 is 10.6 Å². The van der Waals surface area contributed by atoms with Crippen LogP contribution in [0.1, 0.15) is 12.0 Å². The van der Waals surface area contributed by atoms with Gasteiger partial charge in [0.15, 0.2) is 0 Å². The number of halogens is 2. The molecule has 0 aliphatic rings. The lowest BCUT2D eigenvalue weighted by Crippen LogP contribution is -2.18. The number of carbonyl (C=O) groups excluding carboxylic acids is 1. The zero-order chi connectivity index (χ0) is 12.1. The van der Waals surface area contributed by atoms with Gasteiger partial charge in [-0.25, -0.2) is 0 Å². The Balaban J connectivity index is 2.73. The summed E-state index contributed by atoms with van der Waals surface area (Å²) in [6.45, 7) is 2.57. The van der Waals surface area contributed by atoms with E-state index in [4.69, 9.17) is 11.6 Å². The molecule has 1 amide bonds. The van der Waals surface area contributed by atoms with Gasteiger partial charge in [-0.15, -0.1) is 0 Å². The highest BCUT2D eigenvalue weighted by Gasteiger charge is 2.07. The molecule has 0 atom stereocenters. The molecule has 0 saturated heterocycles. The average molecular weight is 306 g/mol. The summed E-state index contributed by atoms with van der Waals surface area (Å²) in [5, 5.41) is 6.37. The molecule has 16 heavy (non-hydrogen) atoms. The molecular weight excluding hydrogens is 291 g/mol.